The Morgan fingerprint density at radius 2 is 1.64 bits per heavy atom. The highest BCUT2D eigenvalue weighted by molar-refractivity contribution is 5.77. The molecule has 1 N–H and O–H groups in total. The molecule has 0 fully saturated rings. The zero-order chi connectivity index (χ0) is 18.4. The van der Waals surface area contributed by atoms with Crippen LogP contribution in [-0.4, -0.2) is 30.9 Å². The smallest absolute Gasteiger partial charge is 0.338 e. The van der Waals surface area contributed by atoms with Crippen molar-refractivity contribution in [2.45, 2.75) is 25.6 Å². The molecule has 0 radical (unpaired) electrons. The first-order valence-corrected chi connectivity index (χ1v) is 8.13. The predicted molar refractivity (Wildman–Crippen MR) is 92.4 cm³/mol. The summed E-state index contributed by atoms with van der Waals surface area (Å²) in [6.45, 7) is 4.22. The quantitative estimate of drug-likeness (QED) is 0.782. The molecule has 4 nitrogen and oxygen atoms in total. The molecule has 25 heavy (non-hydrogen) atoms. The Kier molecular flexibility index (Phi) is 6.28. The zero-order valence-electron chi connectivity index (χ0n) is 14.6. The molecular weight excluding hydrogens is 323 g/mol. The summed E-state index contributed by atoms with van der Waals surface area (Å²) in [5.74, 6) is -1.08. The van der Waals surface area contributed by atoms with Gasteiger partial charge in [0.05, 0.1) is 13.7 Å². The van der Waals surface area contributed by atoms with E-state index in [-0.39, 0.29) is 5.92 Å². The summed E-state index contributed by atoms with van der Waals surface area (Å²) < 4.78 is 24.3. The lowest BCUT2D eigenvalue weighted by Crippen LogP contribution is -2.48. The summed E-state index contributed by atoms with van der Waals surface area (Å²) in [6, 6.07) is 14.5. The van der Waals surface area contributed by atoms with Crippen LogP contribution in [-0.2, 0) is 19.9 Å². The summed E-state index contributed by atoms with van der Waals surface area (Å²) in [6.07, 6.45) is -1.61. The van der Waals surface area contributed by atoms with Gasteiger partial charge in [-0.1, -0.05) is 56.3 Å². The molecule has 0 aliphatic heterocycles. The third kappa shape index (κ3) is 4.06. The van der Waals surface area contributed by atoms with E-state index in [0.29, 0.717) is 17.7 Å². The van der Waals surface area contributed by atoms with Crippen LogP contribution in [0.5, 0.6) is 0 Å². The van der Waals surface area contributed by atoms with E-state index in [2.05, 4.69) is 0 Å². The largest absolute Gasteiger partial charge is 0.467 e. The Morgan fingerprint density at radius 1 is 1.08 bits per heavy atom. The Balaban J connectivity index is 2.67. The maximum absolute atomic E-state index is 13.4. The summed E-state index contributed by atoms with van der Waals surface area (Å²) in [7, 11) is 1.20. The van der Waals surface area contributed by atoms with E-state index < -0.39 is 23.5 Å². The molecule has 0 heterocycles. The fourth-order valence-corrected chi connectivity index (χ4v) is 2.69. The average Bonchev–Trinajstić information content (AvgIpc) is 2.63. The van der Waals surface area contributed by atoms with E-state index in [9.17, 15) is 14.3 Å². The molecule has 2 atom stereocenters. The third-order valence-corrected chi connectivity index (χ3v) is 3.93. The molecule has 2 aromatic carbocycles. The van der Waals surface area contributed by atoms with Gasteiger partial charge >= 0.3 is 5.97 Å². The number of rotatable bonds is 7. The molecular formula is C20H23FO4. The second-order valence-corrected chi connectivity index (χ2v) is 6.24. The second-order valence-electron chi connectivity index (χ2n) is 6.24. The molecule has 134 valence electrons. The van der Waals surface area contributed by atoms with Crippen molar-refractivity contribution in [3.8, 4) is 0 Å². The molecule has 0 aliphatic rings. The number of aliphatic hydroxyl groups is 1. The van der Waals surface area contributed by atoms with Crippen molar-refractivity contribution >= 4 is 5.97 Å². The zero-order valence-corrected chi connectivity index (χ0v) is 14.6. The van der Waals surface area contributed by atoms with Gasteiger partial charge in [0.1, 0.15) is 5.82 Å². The standard InChI is InChI=1S/C20H23FO4/c1-14(2)13-25-20(18(22)19(23)24-3,15-7-5-4-6-8-15)16-9-11-17(21)12-10-16/h4-12,14,18,22H,13H2,1-3H3. The van der Waals surface area contributed by atoms with Crippen LogP contribution in [0.2, 0.25) is 0 Å². The highest BCUT2D eigenvalue weighted by Crippen LogP contribution is 2.38. The van der Waals surface area contributed by atoms with Crippen molar-refractivity contribution in [1.29, 1.82) is 0 Å². The predicted octanol–water partition coefficient (Wildman–Crippen LogP) is 3.28. The first kappa shape index (κ1) is 19.1. The van der Waals surface area contributed by atoms with E-state index in [0.717, 1.165) is 0 Å². The number of hydrogen-bond acceptors (Lipinski definition) is 4. The van der Waals surface area contributed by atoms with Crippen molar-refractivity contribution in [3.63, 3.8) is 0 Å². The van der Waals surface area contributed by atoms with Crippen LogP contribution in [0.1, 0.15) is 25.0 Å². The third-order valence-electron chi connectivity index (χ3n) is 3.93. The lowest BCUT2D eigenvalue weighted by molar-refractivity contribution is -0.172. The molecule has 0 bridgehead atoms. The Morgan fingerprint density at radius 3 is 2.16 bits per heavy atom. The number of methoxy groups -OCH3 is 1. The minimum Gasteiger partial charge on any atom is -0.467 e. The van der Waals surface area contributed by atoms with Crippen molar-refractivity contribution < 1.29 is 23.8 Å². The van der Waals surface area contributed by atoms with Gasteiger partial charge in [-0.2, -0.15) is 0 Å². The molecule has 5 heteroatoms. The van der Waals surface area contributed by atoms with Crippen LogP contribution < -0.4 is 0 Å². The molecule has 0 amide bonds. The number of carbonyl (C=O) groups is 1. The van der Waals surface area contributed by atoms with Crippen LogP contribution >= 0.6 is 0 Å². The van der Waals surface area contributed by atoms with Gasteiger partial charge < -0.3 is 14.6 Å². The molecule has 0 saturated carbocycles. The van der Waals surface area contributed by atoms with E-state index >= 15 is 0 Å². The van der Waals surface area contributed by atoms with E-state index in [1.807, 2.05) is 19.9 Å². The van der Waals surface area contributed by atoms with Crippen molar-refractivity contribution in [2.24, 2.45) is 5.92 Å². The molecule has 2 rings (SSSR count). The number of halogens is 1. The van der Waals surface area contributed by atoms with Crippen molar-refractivity contribution in [2.75, 3.05) is 13.7 Å². The Hall–Kier alpha value is -2.24. The van der Waals surface area contributed by atoms with E-state index in [4.69, 9.17) is 9.47 Å². The number of carbonyl (C=O) groups excluding carboxylic acids is 1. The summed E-state index contributed by atoms with van der Waals surface area (Å²) >= 11 is 0. The topological polar surface area (TPSA) is 55.8 Å². The van der Waals surface area contributed by atoms with Crippen LogP contribution in [0, 0.1) is 11.7 Å². The molecule has 0 aliphatic carbocycles. The minimum absolute atomic E-state index is 0.161. The van der Waals surface area contributed by atoms with Crippen LogP contribution in [0.25, 0.3) is 0 Å². The van der Waals surface area contributed by atoms with Gasteiger partial charge in [-0.25, -0.2) is 9.18 Å². The minimum atomic E-state index is -1.61. The van der Waals surface area contributed by atoms with Gasteiger partial charge in [-0.15, -0.1) is 0 Å². The monoisotopic (exact) mass is 346 g/mol. The van der Waals surface area contributed by atoms with E-state index in [1.165, 1.54) is 31.4 Å². The fraction of sp³-hybridized carbons (Fsp3) is 0.350. The first-order chi connectivity index (χ1) is 11.9. The number of benzene rings is 2. The number of esters is 1. The van der Waals surface area contributed by atoms with Crippen molar-refractivity contribution in [1.82, 2.24) is 0 Å². The van der Waals surface area contributed by atoms with Gasteiger partial charge in [0.25, 0.3) is 0 Å². The maximum Gasteiger partial charge on any atom is 0.338 e. The maximum atomic E-state index is 13.4. The molecule has 2 aromatic rings. The highest BCUT2D eigenvalue weighted by Gasteiger charge is 2.47. The summed E-state index contributed by atoms with van der Waals surface area (Å²) in [4.78, 5) is 12.2. The van der Waals surface area contributed by atoms with Crippen molar-refractivity contribution in [3.05, 3.63) is 71.5 Å². The highest BCUT2D eigenvalue weighted by atomic mass is 19.1. The Labute approximate surface area is 147 Å². The van der Waals surface area contributed by atoms with Gasteiger partial charge in [0, 0.05) is 0 Å². The average molecular weight is 346 g/mol. The molecule has 0 spiro atoms. The lowest BCUT2D eigenvalue weighted by atomic mass is 9.81. The van der Waals surface area contributed by atoms with Gasteiger partial charge in [-0.05, 0) is 29.2 Å². The van der Waals surface area contributed by atoms with Crippen LogP contribution in [0.4, 0.5) is 4.39 Å². The summed E-state index contributed by atoms with van der Waals surface area (Å²) in [5, 5.41) is 10.8. The van der Waals surface area contributed by atoms with Crippen LogP contribution in [0.15, 0.2) is 54.6 Å². The van der Waals surface area contributed by atoms with E-state index in [1.54, 1.807) is 24.3 Å². The number of aliphatic hydroxyl groups excluding tert-OH is 1. The molecule has 2 unspecified atom stereocenters. The SMILES string of the molecule is COC(=O)C(O)C(OCC(C)C)(c1ccccc1)c1ccc(F)cc1. The normalized spacial score (nSPS) is 14.8. The lowest BCUT2D eigenvalue weighted by Gasteiger charge is -2.38. The fourth-order valence-electron chi connectivity index (χ4n) is 2.69. The molecule has 0 aromatic heterocycles. The first-order valence-electron chi connectivity index (χ1n) is 8.13. The van der Waals surface area contributed by atoms with Gasteiger partial charge in [0.15, 0.2) is 11.7 Å². The Bertz CT molecular complexity index is 685. The number of ether oxygens (including phenoxy) is 2. The molecule has 0 saturated heterocycles. The van der Waals surface area contributed by atoms with Gasteiger partial charge in [-0.3, -0.25) is 0 Å². The number of hydrogen-bond donors (Lipinski definition) is 1. The van der Waals surface area contributed by atoms with Crippen LogP contribution in [0.3, 0.4) is 0 Å². The summed E-state index contributed by atoms with van der Waals surface area (Å²) in [5.41, 5.74) is -0.439. The second kappa shape index (κ2) is 8.23. The van der Waals surface area contributed by atoms with Gasteiger partial charge in [0.2, 0.25) is 0 Å².